The minimum Gasteiger partial charge on any atom is -0.354 e. The van der Waals surface area contributed by atoms with Crippen molar-refractivity contribution in [3.63, 3.8) is 0 Å². The van der Waals surface area contributed by atoms with E-state index in [-0.39, 0.29) is 24.9 Å². The summed E-state index contributed by atoms with van der Waals surface area (Å²) in [4.78, 5) is 23.1. The Balaban J connectivity index is 1.94. The number of quaternary nitrogens is 1. The number of anilines is 1. The predicted octanol–water partition coefficient (Wildman–Crippen LogP) is 0.525. The number of nitrogens with two attached hydrogens (primary N) is 1. The van der Waals surface area contributed by atoms with Crippen LogP contribution in [0.3, 0.4) is 0 Å². The van der Waals surface area contributed by atoms with Crippen molar-refractivity contribution in [2.75, 3.05) is 25.5 Å². The number of rotatable bonds is 7. The third-order valence-corrected chi connectivity index (χ3v) is 3.47. The van der Waals surface area contributed by atoms with Gasteiger partial charge in [0.1, 0.15) is 0 Å². The van der Waals surface area contributed by atoms with Crippen molar-refractivity contribution in [1.82, 2.24) is 5.32 Å². The summed E-state index contributed by atoms with van der Waals surface area (Å²) in [5, 5.41) is 7.12. The molecule has 4 N–H and O–H groups in total. The van der Waals surface area contributed by atoms with E-state index in [1.165, 1.54) is 5.56 Å². The van der Waals surface area contributed by atoms with Crippen LogP contribution in [0.25, 0.3) is 0 Å². The van der Waals surface area contributed by atoms with Crippen LogP contribution in [-0.2, 0) is 16.0 Å². The van der Waals surface area contributed by atoms with Gasteiger partial charge in [0.15, 0.2) is 13.1 Å². The molecule has 0 saturated carbocycles. The molecule has 23 heavy (non-hydrogen) atoms. The lowest BCUT2D eigenvalue weighted by atomic mass is 10.0. The standard InChI is InChI=1S/C18H21N3O2/c1-19-17(22)12-20-13-18(23)21-16-10-6-5-9-15(16)11-14-7-3-2-4-8-14/h2-10,20H,11-13H2,1H3,(H,19,22)(H,21,23)/p+1. The van der Waals surface area contributed by atoms with Gasteiger partial charge in [0, 0.05) is 12.7 Å². The highest BCUT2D eigenvalue weighted by atomic mass is 16.2. The molecule has 0 aliphatic carbocycles. The Bertz CT molecular complexity index is 656. The first kappa shape index (κ1) is 16.7. The van der Waals surface area contributed by atoms with Crippen LogP contribution in [-0.4, -0.2) is 32.0 Å². The molecule has 0 aliphatic rings. The van der Waals surface area contributed by atoms with Crippen molar-refractivity contribution in [2.24, 2.45) is 0 Å². The summed E-state index contributed by atoms with van der Waals surface area (Å²) in [5.74, 6) is -0.211. The fraction of sp³-hybridized carbons (Fsp3) is 0.222. The van der Waals surface area contributed by atoms with E-state index in [0.29, 0.717) is 0 Å². The maximum Gasteiger partial charge on any atom is 0.279 e. The van der Waals surface area contributed by atoms with E-state index in [2.05, 4.69) is 22.8 Å². The van der Waals surface area contributed by atoms with Crippen LogP contribution in [0.5, 0.6) is 0 Å². The molecule has 0 unspecified atom stereocenters. The minimum absolute atomic E-state index is 0.0951. The van der Waals surface area contributed by atoms with E-state index in [1.54, 1.807) is 12.4 Å². The van der Waals surface area contributed by atoms with Gasteiger partial charge in [-0.15, -0.1) is 0 Å². The van der Waals surface area contributed by atoms with E-state index in [9.17, 15) is 9.59 Å². The normalized spacial score (nSPS) is 10.1. The number of carbonyl (C=O) groups is 2. The van der Waals surface area contributed by atoms with E-state index >= 15 is 0 Å². The first-order valence-electron chi connectivity index (χ1n) is 7.63. The molecule has 0 spiro atoms. The summed E-state index contributed by atoms with van der Waals surface area (Å²) in [6.45, 7) is 0.461. The van der Waals surface area contributed by atoms with Crippen LogP contribution < -0.4 is 16.0 Å². The molecule has 120 valence electrons. The van der Waals surface area contributed by atoms with Crippen molar-refractivity contribution >= 4 is 17.5 Å². The van der Waals surface area contributed by atoms with Gasteiger partial charge < -0.3 is 16.0 Å². The number of nitrogens with one attached hydrogen (secondary N) is 2. The highest BCUT2D eigenvalue weighted by molar-refractivity contribution is 5.92. The van der Waals surface area contributed by atoms with Gasteiger partial charge in [-0.2, -0.15) is 0 Å². The molecule has 0 fully saturated rings. The quantitative estimate of drug-likeness (QED) is 0.697. The van der Waals surface area contributed by atoms with Crippen LogP contribution in [0.1, 0.15) is 11.1 Å². The zero-order valence-corrected chi connectivity index (χ0v) is 13.2. The Kier molecular flexibility index (Phi) is 6.32. The van der Waals surface area contributed by atoms with Crippen molar-refractivity contribution in [3.05, 3.63) is 65.7 Å². The Hall–Kier alpha value is -2.66. The summed E-state index contributed by atoms with van der Waals surface area (Å²) in [6, 6.07) is 17.9. The number of likely N-dealkylation sites (N-methyl/N-ethyl adjacent to an activating group) is 1. The maximum absolute atomic E-state index is 12.0. The Morgan fingerprint density at radius 3 is 2.30 bits per heavy atom. The molecule has 2 aromatic rings. The minimum atomic E-state index is -0.116. The Labute approximate surface area is 136 Å². The lowest BCUT2D eigenvalue weighted by Gasteiger charge is -2.11. The molecule has 0 saturated heterocycles. The van der Waals surface area contributed by atoms with Crippen molar-refractivity contribution in [2.45, 2.75) is 6.42 Å². The van der Waals surface area contributed by atoms with Crippen LogP contribution in [0.2, 0.25) is 0 Å². The van der Waals surface area contributed by atoms with Gasteiger partial charge in [-0.1, -0.05) is 48.5 Å². The molecule has 5 nitrogen and oxygen atoms in total. The summed E-state index contributed by atoms with van der Waals surface area (Å²) < 4.78 is 0. The van der Waals surface area contributed by atoms with Crippen molar-refractivity contribution < 1.29 is 14.9 Å². The summed E-state index contributed by atoms with van der Waals surface area (Å²) in [5.41, 5.74) is 3.08. The number of amides is 2. The number of hydrogen-bond acceptors (Lipinski definition) is 2. The van der Waals surface area contributed by atoms with Gasteiger partial charge in [0.2, 0.25) is 0 Å². The summed E-state index contributed by atoms with van der Waals surface area (Å²) >= 11 is 0. The molecule has 2 aromatic carbocycles. The average Bonchev–Trinajstić information content (AvgIpc) is 2.57. The van der Waals surface area contributed by atoms with Gasteiger partial charge in [-0.3, -0.25) is 9.59 Å². The van der Waals surface area contributed by atoms with E-state index in [1.807, 2.05) is 42.5 Å². The second kappa shape index (κ2) is 8.70. The molecule has 0 aliphatic heterocycles. The SMILES string of the molecule is CNC(=O)C[NH2+]CC(=O)Nc1ccccc1Cc1ccccc1. The summed E-state index contributed by atoms with van der Waals surface area (Å²) in [7, 11) is 1.58. The molecule has 0 heterocycles. The molecule has 0 atom stereocenters. The molecule has 0 aromatic heterocycles. The van der Waals surface area contributed by atoms with Crippen molar-refractivity contribution in [1.29, 1.82) is 0 Å². The average molecular weight is 312 g/mol. The largest absolute Gasteiger partial charge is 0.354 e. The number of benzene rings is 2. The lowest BCUT2D eigenvalue weighted by Crippen LogP contribution is -2.88. The van der Waals surface area contributed by atoms with Gasteiger partial charge in [-0.05, 0) is 23.6 Å². The second-order valence-electron chi connectivity index (χ2n) is 5.24. The van der Waals surface area contributed by atoms with E-state index in [4.69, 9.17) is 0 Å². The van der Waals surface area contributed by atoms with E-state index < -0.39 is 0 Å². The monoisotopic (exact) mass is 312 g/mol. The number of carbonyl (C=O) groups excluding carboxylic acids is 2. The van der Waals surface area contributed by atoms with Gasteiger partial charge in [0.05, 0.1) is 0 Å². The van der Waals surface area contributed by atoms with Gasteiger partial charge >= 0.3 is 0 Å². The highest BCUT2D eigenvalue weighted by Gasteiger charge is 2.09. The fourth-order valence-electron chi connectivity index (χ4n) is 2.25. The fourth-order valence-corrected chi connectivity index (χ4v) is 2.25. The van der Waals surface area contributed by atoms with E-state index in [0.717, 1.165) is 17.7 Å². The zero-order valence-electron chi connectivity index (χ0n) is 13.2. The molecule has 5 heteroatoms. The topological polar surface area (TPSA) is 74.8 Å². The molecule has 0 radical (unpaired) electrons. The molecule has 0 bridgehead atoms. The van der Waals surface area contributed by atoms with Crippen LogP contribution in [0.4, 0.5) is 5.69 Å². The Morgan fingerprint density at radius 1 is 0.913 bits per heavy atom. The Morgan fingerprint density at radius 2 is 1.57 bits per heavy atom. The van der Waals surface area contributed by atoms with Gasteiger partial charge in [0.25, 0.3) is 11.8 Å². The third-order valence-electron chi connectivity index (χ3n) is 3.47. The molecule has 2 amide bonds. The van der Waals surface area contributed by atoms with Crippen molar-refractivity contribution in [3.8, 4) is 0 Å². The lowest BCUT2D eigenvalue weighted by molar-refractivity contribution is -0.632. The second-order valence-corrected chi connectivity index (χ2v) is 5.24. The smallest absolute Gasteiger partial charge is 0.279 e. The molecular weight excluding hydrogens is 290 g/mol. The predicted molar refractivity (Wildman–Crippen MR) is 90.0 cm³/mol. The van der Waals surface area contributed by atoms with Crippen LogP contribution in [0, 0.1) is 0 Å². The number of para-hydroxylation sites is 1. The number of hydrogen-bond donors (Lipinski definition) is 3. The molecular formula is C18H22N3O2+. The van der Waals surface area contributed by atoms with Gasteiger partial charge in [-0.25, -0.2) is 0 Å². The molecule has 2 rings (SSSR count). The first-order chi connectivity index (χ1) is 11.2. The highest BCUT2D eigenvalue weighted by Crippen LogP contribution is 2.18. The maximum atomic E-state index is 12.0. The summed E-state index contributed by atoms with van der Waals surface area (Å²) in [6.07, 6.45) is 0.763. The van der Waals surface area contributed by atoms with Crippen LogP contribution >= 0.6 is 0 Å². The first-order valence-corrected chi connectivity index (χ1v) is 7.63. The van der Waals surface area contributed by atoms with Crippen LogP contribution in [0.15, 0.2) is 54.6 Å². The third kappa shape index (κ3) is 5.56. The zero-order chi connectivity index (χ0) is 16.5.